The summed E-state index contributed by atoms with van der Waals surface area (Å²) in [4.78, 5) is 18.4. The monoisotopic (exact) mass is 410 g/mol. The zero-order valence-corrected chi connectivity index (χ0v) is 17.1. The molecule has 0 aliphatic carbocycles. The van der Waals surface area contributed by atoms with E-state index < -0.39 is 0 Å². The summed E-state index contributed by atoms with van der Waals surface area (Å²) in [6, 6.07) is 7.66. The predicted molar refractivity (Wildman–Crippen MR) is 110 cm³/mol. The van der Waals surface area contributed by atoms with Gasteiger partial charge in [-0.25, -0.2) is 4.68 Å². The quantitative estimate of drug-likeness (QED) is 0.679. The maximum atomic E-state index is 13.1. The van der Waals surface area contributed by atoms with Gasteiger partial charge in [-0.05, 0) is 53.8 Å². The van der Waals surface area contributed by atoms with Crippen LogP contribution in [0.4, 0.5) is 0 Å². The first-order valence-electron chi connectivity index (χ1n) is 10.5. The van der Waals surface area contributed by atoms with Crippen molar-refractivity contribution in [3.63, 3.8) is 0 Å². The lowest BCUT2D eigenvalue weighted by atomic mass is 10.0. The SMILES string of the molecule is Cc1ccc2[nH]c(=O)c([C@@H](c3nnnn3C[C@@H]3CCCO3)N3CCOCC3)cc2c1. The van der Waals surface area contributed by atoms with Crippen molar-refractivity contribution in [2.45, 2.75) is 38.5 Å². The van der Waals surface area contributed by atoms with Gasteiger partial charge in [0, 0.05) is 30.8 Å². The molecule has 1 N–H and O–H groups in total. The normalized spacial score (nSPS) is 21.3. The first-order chi connectivity index (χ1) is 14.7. The van der Waals surface area contributed by atoms with Crippen molar-refractivity contribution in [2.75, 3.05) is 32.9 Å². The Morgan fingerprint density at radius 1 is 1.23 bits per heavy atom. The number of fused-ring (bicyclic) bond motifs is 1. The lowest BCUT2D eigenvalue weighted by Crippen LogP contribution is -2.42. The molecule has 2 aromatic heterocycles. The van der Waals surface area contributed by atoms with Gasteiger partial charge in [0.25, 0.3) is 5.56 Å². The number of aryl methyl sites for hydroxylation is 1. The topological polar surface area (TPSA) is 98.2 Å². The maximum absolute atomic E-state index is 13.1. The van der Waals surface area contributed by atoms with E-state index in [0.717, 1.165) is 35.9 Å². The number of H-pyrrole nitrogens is 1. The molecule has 0 spiro atoms. The Morgan fingerprint density at radius 2 is 2.10 bits per heavy atom. The molecule has 0 saturated carbocycles. The Bertz CT molecular complexity index is 1080. The maximum Gasteiger partial charge on any atom is 0.253 e. The molecule has 4 heterocycles. The molecule has 2 aliphatic rings. The zero-order valence-electron chi connectivity index (χ0n) is 17.1. The highest BCUT2D eigenvalue weighted by atomic mass is 16.5. The summed E-state index contributed by atoms with van der Waals surface area (Å²) in [6.45, 7) is 6.08. The summed E-state index contributed by atoms with van der Waals surface area (Å²) >= 11 is 0. The van der Waals surface area contributed by atoms with Gasteiger partial charge in [0.05, 0.1) is 25.9 Å². The predicted octanol–water partition coefficient (Wildman–Crippen LogP) is 1.42. The molecule has 2 fully saturated rings. The third kappa shape index (κ3) is 3.76. The lowest BCUT2D eigenvalue weighted by molar-refractivity contribution is 0.0205. The van der Waals surface area contributed by atoms with Crippen molar-refractivity contribution in [2.24, 2.45) is 0 Å². The number of morpholine rings is 1. The van der Waals surface area contributed by atoms with E-state index in [1.165, 1.54) is 0 Å². The Balaban J connectivity index is 1.60. The summed E-state index contributed by atoms with van der Waals surface area (Å²) in [7, 11) is 0. The molecule has 2 aliphatic heterocycles. The van der Waals surface area contributed by atoms with Gasteiger partial charge in [-0.3, -0.25) is 9.69 Å². The second-order valence-corrected chi connectivity index (χ2v) is 8.05. The van der Waals surface area contributed by atoms with Crippen LogP contribution in [0.15, 0.2) is 29.1 Å². The van der Waals surface area contributed by atoms with E-state index in [-0.39, 0.29) is 17.7 Å². The summed E-state index contributed by atoms with van der Waals surface area (Å²) in [5.41, 5.74) is 2.51. The van der Waals surface area contributed by atoms with Crippen molar-refractivity contribution in [3.05, 3.63) is 51.6 Å². The van der Waals surface area contributed by atoms with Crippen LogP contribution < -0.4 is 5.56 Å². The highest BCUT2D eigenvalue weighted by Crippen LogP contribution is 2.28. The van der Waals surface area contributed by atoms with Gasteiger partial charge in [0.15, 0.2) is 5.82 Å². The summed E-state index contributed by atoms with van der Waals surface area (Å²) < 4.78 is 13.1. The van der Waals surface area contributed by atoms with Crippen LogP contribution in [-0.4, -0.2) is 69.1 Å². The minimum absolute atomic E-state index is 0.107. The highest BCUT2D eigenvalue weighted by molar-refractivity contribution is 5.79. The van der Waals surface area contributed by atoms with Crippen molar-refractivity contribution in [3.8, 4) is 0 Å². The van der Waals surface area contributed by atoms with Crippen molar-refractivity contribution < 1.29 is 9.47 Å². The number of hydrogen-bond acceptors (Lipinski definition) is 7. The number of benzene rings is 1. The fourth-order valence-corrected chi connectivity index (χ4v) is 4.40. The fraction of sp³-hybridized carbons (Fsp3) is 0.524. The van der Waals surface area contributed by atoms with Gasteiger partial charge >= 0.3 is 0 Å². The smallest absolute Gasteiger partial charge is 0.253 e. The largest absolute Gasteiger partial charge is 0.379 e. The molecule has 0 amide bonds. The lowest BCUT2D eigenvalue weighted by Gasteiger charge is -2.33. The minimum atomic E-state index is -0.348. The number of aromatic amines is 1. The van der Waals surface area contributed by atoms with Crippen LogP contribution in [0.2, 0.25) is 0 Å². The van der Waals surface area contributed by atoms with Gasteiger partial charge in [0.1, 0.15) is 6.04 Å². The van der Waals surface area contributed by atoms with Crippen LogP contribution in [0.25, 0.3) is 10.9 Å². The van der Waals surface area contributed by atoms with E-state index in [1.807, 2.05) is 25.1 Å². The van der Waals surface area contributed by atoms with E-state index in [2.05, 4.69) is 31.5 Å². The third-order valence-corrected chi connectivity index (χ3v) is 5.94. The number of ether oxygens (including phenoxy) is 2. The van der Waals surface area contributed by atoms with Gasteiger partial charge in [0.2, 0.25) is 0 Å². The van der Waals surface area contributed by atoms with E-state index in [4.69, 9.17) is 9.47 Å². The standard InChI is InChI=1S/C21H26N6O3/c1-14-4-5-18-15(11-14)12-17(21(28)22-18)19(26-6-9-29-10-7-26)20-23-24-25-27(20)13-16-3-2-8-30-16/h4-5,11-12,16,19H,2-3,6-10,13H2,1H3,(H,22,28)/t16-,19-/m0/s1. The van der Waals surface area contributed by atoms with Gasteiger partial charge in [-0.15, -0.1) is 5.10 Å². The molecule has 2 saturated heterocycles. The van der Waals surface area contributed by atoms with Crippen molar-refractivity contribution >= 4 is 10.9 Å². The van der Waals surface area contributed by atoms with Gasteiger partial charge in [-0.1, -0.05) is 11.6 Å². The Kier molecular flexibility index (Phi) is 5.32. The second-order valence-electron chi connectivity index (χ2n) is 8.05. The zero-order chi connectivity index (χ0) is 20.5. The minimum Gasteiger partial charge on any atom is -0.379 e. The number of pyridine rings is 1. The number of aromatic nitrogens is 5. The van der Waals surface area contributed by atoms with E-state index in [0.29, 0.717) is 44.2 Å². The number of rotatable bonds is 5. The van der Waals surface area contributed by atoms with Crippen LogP contribution in [0, 0.1) is 6.92 Å². The van der Waals surface area contributed by atoms with Crippen LogP contribution >= 0.6 is 0 Å². The Morgan fingerprint density at radius 3 is 2.90 bits per heavy atom. The molecule has 9 nitrogen and oxygen atoms in total. The summed E-state index contributed by atoms with van der Waals surface area (Å²) in [6.07, 6.45) is 2.16. The highest BCUT2D eigenvalue weighted by Gasteiger charge is 2.32. The second kappa shape index (κ2) is 8.25. The molecule has 30 heavy (non-hydrogen) atoms. The first kappa shape index (κ1) is 19.3. The molecular formula is C21H26N6O3. The number of hydrogen-bond donors (Lipinski definition) is 1. The van der Waals surface area contributed by atoms with Crippen molar-refractivity contribution in [1.82, 2.24) is 30.1 Å². The van der Waals surface area contributed by atoms with Crippen LogP contribution in [-0.2, 0) is 16.0 Å². The molecule has 3 aromatic rings. The Labute approximate surface area is 174 Å². The summed E-state index contributed by atoms with van der Waals surface area (Å²) in [5.74, 6) is 0.671. The number of nitrogens with one attached hydrogen (secondary N) is 1. The fourth-order valence-electron chi connectivity index (χ4n) is 4.40. The number of nitrogens with zero attached hydrogens (tertiary/aromatic N) is 5. The van der Waals surface area contributed by atoms with E-state index >= 15 is 0 Å². The van der Waals surface area contributed by atoms with E-state index in [9.17, 15) is 4.79 Å². The van der Waals surface area contributed by atoms with Crippen LogP contribution in [0.3, 0.4) is 0 Å². The molecule has 9 heteroatoms. The molecular weight excluding hydrogens is 384 g/mol. The average molecular weight is 410 g/mol. The van der Waals surface area contributed by atoms with Crippen LogP contribution in [0.1, 0.15) is 35.8 Å². The first-order valence-corrected chi connectivity index (χ1v) is 10.5. The van der Waals surface area contributed by atoms with Crippen molar-refractivity contribution in [1.29, 1.82) is 0 Å². The molecule has 1 aromatic carbocycles. The Hall–Kier alpha value is -2.62. The molecule has 0 unspecified atom stereocenters. The van der Waals surface area contributed by atoms with Crippen LogP contribution in [0.5, 0.6) is 0 Å². The van der Waals surface area contributed by atoms with Gasteiger partial charge < -0.3 is 14.5 Å². The molecule has 0 radical (unpaired) electrons. The van der Waals surface area contributed by atoms with Gasteiger partial charge in [-0.2, -0.15) is 0 Å². The average Bonchev–Trinajstić information content (AvgIpc) is 3.43. The molecule has 158 valence electrons. The summed E-state index contributed by atoms with van der Waals surface area (Å²) in [5, 5.41) is 13.5. The molecule has 2 atom stereocenters. The molecule has 0 bridgehead atoms. The number of tetrazole rings is 1. The third-order valence-electron chi connectivity index (χ3n) is 5.94. The molecule has 5 rings (SSSR count). The van der Waals surface area contributed by atoms with E-state index in [1.54, 1.807) is 4.68 Å².